The van der Waals surface area contributed by atoms with Crippen molar-refractivity contribution in [3.8, 4) is 5.75 Å². The molecule has 0 aromatic heterocycles. The minimum absolute atomic E-state index is 0.836. The largest absolute Gasteiger partial charge is 0.520 e. The third kappa shape index (κ3) is 10.1. The normalized spacial score (nSPS) is 11.7. The van der Waals surface area contributed by atoms with Gasteiger partial charge < -0.3 is 8.85 Å². The molecule has 0 saturated heterocycles. The summed E-state index contributed by atoms with van der Waals surface area (Å²) in [5, 5.41) is 0. The monoisotopic (exact) mass is 350 g/mol. The maximum absolute atomic E-state index is 6.14. The third-order valence-electron chi connectivity index (χ3n) is 4.37. The molecule has 1 aromatic rings. The molecule has 1 aromatic carbocycles. The molecule has 0 heterocycles. The fourth-order valence-corrected chi connectivity index (χ4v) is 4.26. The van der Waals surface area contributed by atoms with Gasteiger partial charge >= 0.3 is 8.56 Å². The standard InChI is InChI=1S/C21H38O2Si/c1-5-7-8-9-10-11-12-13-14-18-22-24(3,4)23-21-17-15-16-20(6-2)19-21/h15-17,19H,5-14,18H2,1-4H3. The van der Waals surface area contributed by atoms with Gasteiger partial charge in [-0.1, -0.05) is 77.3 Å². The van der Waals surface area contributed by atoms with Gasteiger partial charge in [0.15, 0.2) is 0 Å². The quantitative estimate of drug-likeness (QED) is 0.269. The molecule has 0 bridgehead atoms. The van der Waals surface area contributed by atoms with Gasteiger partial charge in [-0.3, -0.25) is 0 Å². The summed E-state index contributed by atoms with van der Waals surface area (Å²) in [6.07, 6.45) is 13.2. The van der Waals surface area contributed by atoms with Crippen LogP contribution in [-0.4, -0.2) is 15.2 Å². The summed E-state index contributed by atoms with van der Waals surface area (Å²) < 4.78 is 12.2. The highest BCUT2D eigenvalue weighted by atomic mass is 28.4. The Morgan fingerprint density at radius 2 is 1.46 bits per heavy atom. The van der Waals surface area contributed by atoms with E-state index < -0.39 is 8.56 Å². The van der Waals surface area contributed by atoms with Gasteiger partial charge in [-0.05, 0) is 43.6 Å². The lowest BCUT2D eigenvalue weighted by Crippen LogP contribution is -2.38. The maximum atomic E-state index is 6.14. The molecule has 1 rings (SSSR count). The van der Waals surface area contributed by atoms with E-state index in [-0.39, 0.29) is 0 Å². The first-order valence-electron chi connectivity index (χ1n) is 9.99. The van der Waals surface area contributed by atoms with Gasteiger partial charge in [0, 0.05) is 6.61 Å². The van der Waals surface area contributed by atoms with Crippen LogP contribution < -0.4 is 4.43 Å². The number of unbranched alkanes of at least 4 members (excludes halogenated alkanes) is 8. The highest BCUT2D eigenvalue weighted by Gasteiger charge is 2.26. The molecular weight excluding hydrogens is 312 g/mol. The van der Waals surface area contributed by atoms with Crippen LogP contribution >= 0.6 is 0 Å². The SMILES string of the molecule is CCCCCCCCCCCO[Si](C)(C)Oc1cccc(CC)c1. The van der Waals surface area contributed by atoms with Gasteiger partial charge in [0.2, 0.25) is 0 Å². The Morgan fingerprint density at radius 1 is 0.833 bits per heavy atom. The minimum atomic E-state index is -2.07. The molecule has 0 amide bonds. The number of hydrogen-bond donors (Lipinski definition) is 0. The summed E-state index contributed by atoms with van der Waals surface area (Å²) in [6.45, 7) is 9.55. The molecule has 3 heteroatoms. The smallest absolute Gasteiger partial charge is 0.392 e. The van der Waals surface area contributed by atoms with E-state index in [0.29, 0.717) is 0 Å². The second-order valence-corrected chi connectivity index (χ2v) is 10.5. The van der Waals surface area contributed by atoms with Crippen molar-refractivity contribution in [2.75, 3.05) is 6.61 Å². The van der Waals surface area contributed by atoms with Crippen LogP contribution in [0.25, 0.3) is 0 Å². The van der Waals surface area contributed by atoms with E-state index in [0.717, 1.165) is 25.2 Å². The number of aryl methyl sites for hydroxylation is 1. The lowest BCUT2D eigenvalue weighted by molar-refractivity contribution is 0.240. The fraction of sp³-hybridized carbons (Fsp3) is 0.714. The zero-order chi connectivity index (χ0) is 17.7. The highest BCUT2D eigenvalue weighted by molar-refractivity contribution is 6.65. The molecule has 0 N–H and O–H groups in total. The van der Waals surface area contributed by atoms with Crippen LogP contribution in [0, 0.1) is 0 Å². The molecular formula is C21H38O2Si. The van der Waals surface area contributed by atoms with Crippen molar-refractivity contribution in [1.29, 1.82) is 0 Å². The molecule has 24 heavy (non-hydrogen) atoms. The molecule has 138 valence electrons. The average molecular weight is 351 g/mol. The summed E-state index contributed by atoms with van der Waals surface area (Å²) in [4.78, 5) is 0. The van der Waals surface area contributed by atoms with Crippen molar-refractivity contribution in [3.63, 3.8) is 0 Å². The van der Waals surface area contributed by atoms with Gasteiger partial charge in [-0.15, -0.1) is 0 Å². The molecule has 0 saturated carbocycles. The van der Waals surface area contributed by atoms with Crippen molar-refractivity contribution in [3.05, 3.63) is 29.8 Å². The van der Waals surface area contributed by atoms with E-state index in [9.17, 15) is 0 Å². The summed E-state index contributed by atoms with van der Waals surface area (Å²) in [6, 6.07) is 8.39. The van der Waals surface area contributed by atoms with Gasteiger partial charge in [0.05, 0.1) is 0 Å². The highest BCUT2D eigenvalue weighted by Crippen LogP contribution is 2.19. The van der Waals surface area contributed by atoms with E-state index in [2.05, 4.69) is 45.1 Å². The average Bonchev–Trinajstić information content (AvgIpc) is 2.56. The maximum Gasteiger partial charge on any atom is 0.392 e. The van der Waals surface area contributed by atoms with Crippen LogP contribution in [0.15, 0.2) is 24.3 Å². The van der Waals surface area contributed by atoms with Crippen molar-refractivity contribution >= 4 is 8.56 Å². The first kappa shape index (κ1) is 21.2. The van der Waals surface area contributed by atoms with Crippen LogP contribution in [0.3, 0.4) is 0 Å². The molecule has 0 atom stereocenters. The minimum Gasteiger partial charge on any atom is -0.520 e. The number of rotatable bonds is 14. The lowest BCUT2D eigenvalue weighted by Gasteiger charge is -2.24. The van der Waals surface area contributed by atoms with Crippen molar-refractivity contribution in [2.24, 2.45) is 0 Å². The van der Waals surface area contributed by atoms with Gasteiger partial charge in [-0.25, -0.2) is 0 Å². The van der Waals surface area contributed by atoms with E-state index in [1.807, 2.05) is 6.07 Å². The van der Waals surface area contributed by atoms with Gasteiger partial charge in [0.1, 0.15) is 5.75 Å². The predicted octanol–water partition coefficient (Wildman–Crippen LogP) is 6.88. The Balaban J connectivity index is 2.10. The van der Waals surface area contributed by atoms with Gasteiger partial charge in [-0.2, -0.15) is 0 Å². The van der Waals surface area contributed by atoms with E-state index >= 15 is 0 Å². The van der Waals surface area contributed by atoms with Crippen molar-refractivity contribution in [1.82, 2.24) is 0 Å². The van der Waals surface area contributed by atoms with Crippen LogP contribution in [0.4, 0.5) is 0 Å². The Bertz CT molecular complexity index is 432. The Labute approximate surface area is 151 Å². The second-order valence-electron chi connectivity index (χ2n) is 7.18. The number of benzene rings is 1. The van der Waals surface area contributed by atoms with Crippen molar-refractivity contribution in [2.45, 2.75) is 91.1 Å². The molecule has 0 radical (unpaired) electrons. The summed E-state index contributed by atoms with van der Waals surface area (Å²) in [5.74, 6) is 0.957. The molecule has 2 nitrogen and oxygen atoms in total. The Hall–Kier alpha value is -0.803. The van der Waals surface area contributed by atoms with E-state index in [1.54, 1.807) is 0 Å². The summed E-state index contributed by atoms with van der Waals surface area (Å²) in [7, 11) is -2.07. The zero-order valence-corrected chi connectivity index (χ0v) is 17.4. The predicted molar refractivity (Wildman–Crippen MR) is 107 cm³/mol. The molecule has 0 fully saturated rings. The third-order valence-corrected chi connectivity index (χ3v) is 5.99. The second kappa shape index (κ2) is 12.5. The van der Waals surface area contributed by atoms with Crippen LogP contribution in [0.2, 0.25) is 13.1 Å². The van der Waals surface area contributed by atoms with Crippen molar-refractivity contribution < 1.29 is 8.85 Å². The molecule has 0 aliphatic rings. The van der Waals surface area contributed by atoms with Crippen LogP contribution in [-0.2, 0) is 10.8 Å². The Kier molecular flexibility index (Phi) is 11.1. The Morgan fingerprint density at radius 3 is 2.08 bits per heavy atom. The molecule has 0 aliphatic carbocycles. The first-order valence-corrected chi connectivity index (χ1v) is 12.8. The number of hydrogen-bond acceptors (Lipinski definition) is 2. The fourth-order valence-electron chi connectivity index (χ4n) is 2.87. The van der Waals surface area contributed by atoms with Gasteiger partial charge in [0.25, 0.3) is 0 Å². The zero-order valence-electron chi connectivity index (χ0n) is 16.4. The van der Waals surface area contributed by atoms with Crippen LogP contribution in [0.1, 0.15) is 77.2 Å². The molecule has 0 unspecified atom stereocenters. The van der Waals surface area contributed by atoms with E-state index in [1.165, 1.54) is 56.9 Å². The molecule has 0 aliphatic heterocycles. The topological polar surface area (TPSA) is 18.5 Å². The van der Waals surface area contributed by atoms with Crippen LogP contribution in [0.5, 0.6) is 5.75 Å². The summed E-state index contributed by atoms with van der Waals surface area (Å²) in [5.41, 5.74) is 1.32. The first-order chi connectivity index (χ1) is 11.6. The molecule has 0 spiro atoms. The lowest BCUT2D eigenvalue weighted by atomic mass is 10.1. The van der Waals surface area contributed by atoms with E-state index in [4.69, 9.17) is 8.85 Å². The summed E-state index contributed by atoms with van der Waals surface area (Å²) >= 11 is 0.